The first-order valence-corrected chi connectivity index (χ1v) is 14.8. The van der Waals surface area contributed by atoms with Gasteiger partial charge in [0.15, 0.2) is 5.78 Å². The van der Waals surface area contributed by atoms with Gasteiger partial charge in [0.05, 0.1) is 35.2 Å². The molecule has 0 aromatic heterocycles. The van der Waals surface area contributed by atoms with Crippen molar-refractivity contribution in [3.05, 3.63) is 23.2 Å². The van der Waals surface area contributed by atoms with E-state index < -0.39 is 5.60 Å². The lowest BCUT2D eigenvalue weighted by atomic mass is 9.43. The molecule has 1 aromatic rings. The van der Waals surface area contributed by atoms with Gasteiger partial charge < -0.3 is 9.84 Å². The summed E-state index contributed by atoms with van der Waals surface area (Å²) < 4.78 is 5.91. The molecule has 1 aliphatic heterocycles. The van der Waals surface area contributed by atoms with Crippen LogP contribution < -0.4 is 10.4 Å². The van der Waals surface area contributed by atoms with Crippen molar-refractivity contribution >= 4 is 28.8 Å². The molecule has 37 heavy (non-hydrogen) atoms. The molecule has 204 valence electrons. The van der Waals surface area contributed by atoms with E-state index in [9.17, 15) is 9.90 Å². The standard InChI is InChI=1S/C30H44ClN3O3/c1-28(36)14-15-30(18-37-4)19(16-28)8-9-20-21-10-11-23(29(21,2)13-12-22(20)30)26(35)17-34-27-24(31)6-5-7-25(27)32-33(34)3/h5-7,19-23,32,36H,8-18H2,1-4H3/t19-,20-,21-,22-,23+,28+,29-,30+/m0/s1. The van der Waals surface area contributed by atoms with Gasteiger partial charge in [0.25, 0.3) is 0 Å². The van der Waals surface area contributed by atoms with Gasteiger partial charge in [0, 0.05) is 20.1 Å². The number of halogens is 1. The molecule has 0 radical (unpaired) electrons. The van der Waals surface area contributed by atoms with Gasteiger partial charge in [-0.2, -0.15) is 0 Å². The number of methoxy groups -OCH3 is 1. The van der Waals surface area contributed by atoms with Crippen LogP contribution in [0.3, 0.4) is 0 Å². The fraction of sp³-hybridized carbons (Fsp3) is 0.767. The van der Waals surface area contributed by atoms with Crippen LogP contribution >= 0.6 is 11.6 Å². The Labute approximate surface area is 227 Å². The first-order chi connectivity index (χ1) is 17.6. The van der Waals surface area contributed by atoms with Crippen LogP contribution in [-0.4, -0.2) is 48.9 Å². The second-order valence-electron chi connectivity index (χ2n) is 13.5. The zero-order valence-corrected chi connectivity index (χ0v) is 23.7. The number of para-hydroxylation sites is 1. The fourth-order valence-corrected chi connectivity index (χ4v) is 10.3. The van der Waals surface area contributed by atoms with Crippen molar-refractivity contribution in [1.29, 1.82) is 0 Å². The van der Waals surface area contributed by atoms with Crippen LogP contribution in [0, 0.1) is 40.4 Å². The molecule has 4 saturated carbocycles. The summed E-state index contributed by atoms with van der Waals surface area (Å²) in [6.45, 7) is 5.62. The van der Waals surface area contributed by atoms with Gasteiger partial charge in [-0.3, -0.25) is 15.2 Å². The van der Waals surface area contributed by atoms with Gasteiger partial charge in [-0.1, -0.05) is 24.6 Å². The highest BCUT2D eigenvalue weighted by Gasteiger charge is 2.63. The van der Waals surface area contributed by atoms with Gasteiger partial charge >= 0.3 is 0 Å². The number of Topliss-reactive ketones (excluding diaryl/α,β-unsaturated/α-hetero) is 1. The Balaban J connectivity index is 1.22. The van der Waals surface area contributed by atoms with Gasteiger partial charge in [-0.05, 0) is 111 Å². The molecular weight excluding hydrogens is 486 g/mol. The summed E-state index contributed by atoms with van der Waals surface area (Å²) >= 11 is 6.55. The third-order valence-corrected chi connectivity index (χ3v) is 12.0. The average Bonchev–Trinajstić information content (AvgIpc) is 3.36. The molecule has 0 amide bonds. The molecule has 1 heterocycles. The maximum Gasteiger partial charge on any atom is 0.157 e. The Morgan fingerprint density at radius 1 is 1.14 bits per heavy atom. The monoisotopic (exact) mass is 529 g/mol. The normalized spacial score (nSPS) is 43.0. The molecular formula is C30H44ClN3O3. The summed E-state index contributed by atoms with van der Waals surface area (Å²) in [4.78, 5) is 14.0. The van der Waals surface area contributed by atoms with Crippen molar-refractivity contribution in [1.82, 2.24) is 5.12 Å². The van der Waals surface area contributed by atoms with Gasteiger partial charge in [0.1, 0.15) is 0 Å². The minimum absolute atomic E-state index is 0.0640. The second-order valence-corrected chi connectivity index (χ2v) is 13.9. The van der Waals surface area contributed by atoms with E-state index in [4.69, 9.17) is 16.3 Å². The molecule has 4 fully saturated rings. The number of aliphatic hydroxyl groups is 1. The predicted octanol–water partition coefficient (Wildman–Crippen LogP) is 5.94. The Kier molecular flexibility index (Phi) is 6.38. The van der Waals surface area contributed by atoms with Crippen LogP contribution in [-0.2, 0) is 9.53 Å². The van der Waals surface area contributed by atoms with Crippen molar-refractivity contribution in [2.24, 2.45) is 40.4 Å². The van der Waals surface area contributed by atoms with Crippen molar-refractivity contribution in [2.45, 2.75) is 77.2 Å². The molecule has 1 aromatic carbocycles. The predicted molar refractivity (Wildman–Crippen MR) is 147 cm³/mol. The zero-order valence-electron chi connectivity index (χ0n) is 22.9. The number of fused-ring (bicyclic) bond motifs is 6. The number of carbonyl (C=O) groups is 1. The van der Waals surface area contributed by atoms with E-state index in [-0.39, 0.29) is 16.7 Å². The lowest BCUT2D eigenvalue weighted by Crippen LogP contribution is -2.58. The largest absolute Gasteiger partial charge is 0.390 e. The molecule has 6 nitrogen and oxygen atoms in total. The van der Waals surface area contributed by atoms with E-state index >= 15 is 0 Å². The summed E-state index contributed by atoms with van der Waals surface area (Å²) in [5, 5.41) is 15.5. The van der Waals surface area contributed by atoms with Crippen molar-refractivity contribution < 1.29 is 14.6 Å². The van der Waals surface area contributed by atoms with E-state index in [1.54, 1.807) is 0 Å². The zero-order chi connectivity index (χ0) is 26.2. The molecule has 4 aliphatic carbocycles. The topological polar surface area (TPSA) is 65.0 Å². The quantitative estimate of drug-likeness (QED) is 0.492. The molecule has 0 saturated heterocycles. The first kappa shape index (κ1) is 25.9. The lowest BCUT2D eigenvalue weighted by molar-refractivity contribution is -0.175. The van der Waals surface area contributed by atoms with Crippen molar-refractivity contribution in [3.8, 4) is 0 Å². The number of hydrazine groups is 2. The van der Waals surface area contributed by atoms with Crippen molar-refractivity contribution in [2.75, 3.05) is 37.7 Å². The van der Waals surface area contributed by atoms with E-state index in [0.29, 0.717) is 41.0 Å². The number of anilines is 2. The van der Waals surface area contributed by atoms with E-state index in [0.717, 1.165) is 56.5 Å². The summed E-state index contributed by atoms with van der Waals surface area (Å²) in [5.41, 5.74) is 4.89. The maximum atomic E-state index is 14.0. The number of nitrogens with zero attached hydrogens (tertiary/aromatic N) is 2. The SMILES string of the molecule is COC[C@]12CC[C@@](C)(O)C[C@@H]1CC[C@H]1[C@@H]3CC[C@H](C(=O)CN4c5c(Cl)cccc5NN4C)[C@@]3(C)CC[C@@H]12. The van der Waals surface area contributed by atoms with Gasteiger partial charge in [0.2, 0.25) is 0 Å². The summed E-state index contributed by atoms with van der Waals surface area (Å²) in [6.07, 6.45) is 9.73. The number of hydrogen-bond donors (Lipinski definition) is 2. The first-order valence-electron chi connectivity index (χ1n) is 14.4. The smallest absolute Gasteiger partial charge is 0.157 e. The highest BCUT2D eigenvalue weighted by atomic mass is 35.5. The number of nitrogens with one attached hydrogen (secondary N) is 1. The summed E-state index contributed by atoms with van der Waals surface area (Å²) in [6, 6.07) is 5.84. The summed E-state index contributed by atoms with van der Waals surface area (Å²) in [5.74, 6) is 2.90. The number of rotatable bonds is 5. The number of carbonyl (C=O) groups excluding carboxylic acids is 1. The summed E-state index contributed by atoms with van der Waals surface area (Å²) in [7, 11) is 3.80. The molecule has 0 bridgehead atoms. The minimum atomic E-state index is -0.540. The third kappa shape index (κ3) is 3.96. The molecule has 0 spiro atoms. The molecule has 5 aliphatic rings. The molecule has 0 unspecified atom stereocenters. The lowest BCUT2D eigenvalue weighted by Gasteiger charge is -2.62. The number of ether oxygens (including phenoxy) is 1. The van der Waals surface area contributed by atoms with Crippen LogP contribution in [0.25, 0.3) is 0 Å². The Bertz CT molecular complexity index is 1060. The van der Waals surface area contributed by atoms with Crippen molar-refractivity contribution in [3.63, 3.8) is 0 Å². The Morgan fingerprint density at radius 2 is 1.95 bits per heavy atom. The molecule has 7 heteroatoms. The molecule has 6 rings (SSSR count). The average molecular weight is 530 g/mol. The number of benzene rings is 1. The minimum Gasteiger partial charge on any atom is -0.390 e. The van der Waals surface area contributed by atoms with Crippen LogP contribution in [0.2, 0.25) is 5.02 Å². The highest BCUT2D eigenvalue weighted by Crippen LogP contribution is 2.68. The van der Waals surface area contributed by atoms with Crippen LogP contribution in [0.1, 0.15) is 71.6 Å². The molecule has 2 N–H and O–H groups in total. The Morgan fingerprint density at radius 3 is 2.73 bits per heavy atom. The van der Waals surface area contributed by atoms with Crippen LogP contribution in [0.4, 0.5) is 11.4 Å². The van der Waals surface area contributed by atoms with E-state index in [2.05, 4.69) is 12.3 Å². The number of hydrogen-bond acceptors (Lipinski definition) is 6. The van der Waals surface area contributed by atoms with Gasteiger partial charge in [-0.25, -0.2) is 0 Å². The van der Waals surface area contributed by atoms with Gasteiger partial charge in [-0.15, -0.1) is 5.12 Å². The fourth-order valence-electron chi connectivity index (χ4n) is 10.0. The van der Waals surface area contributed by atoms with E-state index in [1.165, 1.54) is 19.3 Å². The van der Waals surface area contributed by atoms with Crippen LogP contribution in [0.5, 0.6) is 0 Å². The highest BCUT2D eigenvalue weighted by molar-refractivity contribution is 6.34. The van der Waals surface area contributed by atoms with E-state index in [1.807, 2.05) is 49.4 Å². The third-order valence-electron chi connectivity index (χ3n) is 11.6. The van der Waals surface area contributed by atoms with Crippen LogP contribution in [0.15, 0.2) is 18.2 Å². The second kappa shape index (κ2) is 9.11. The number of ketones is 1. The maximum absolute atomic E-state index is 14.0. The molecule has 8 atom stereocenters. The Hall–Kier alpha value is -1.34.